The molecule has 1 saturated heterocycles. The molecule has 1 aliphatic heterocycles. The number of halogens is 1. The van der Waals surface area contributed by atoms with E-state index in [1.54, 1.807) is 24.3 Å². The van der Waals surface area contributed by atoms with Gasteiger partial charge in [-0.2, -0.15) is 0 Å². The summed E-state index contributed by atoms with van der Waals surface area (Å²) in [5.41, 5.74) is 0.685. The van der Waals surface area contributed by atoms with Crippen molar-refractivity contribution in [2.75, 3.05) is 11.4 Å². The summed E-state index contributed by atoms with van der Waals surface area (Å²) < 4.78 is 23.3. The monoisotopic (exact) mass is 318 g/mol. The minimum atomic E-state index is -3.66. The van der Waals surface area contributed by atoms with Crippen LogP contribution in [0.25, 0.3) is 0 Å². The lowest BCUT2D eigenvalue weighted by molar-refractivity contribution is -0.117. The second-order valence-corrected chi connectivity index (χ2v) is 6.66. The van der Waals surface area contributed by atoms with Gasteiger partial charge in [0.2, 0.25) is 15.9 Å². The molecule has 0 radical (unpaired) electrons. The molecule has 1 unspecified atom stereocenters. The smallest absolute Gasteiger partial charge is 0.228 e. The third kappa shape index (κ3) is 2.67. The van der Waals surface area contributed by atoms with E-state index in [2.05, 4.69) is 15.9 Å². The first-order valence-electron chi connectivity index (χ1n) is 4.95. The summed E-state index contributed by atoms with van der Waals surface area (Å²) in [7, 11) is -3.66. The zero-order chi connectivity index (χ0) is 12.6. The number of carbonyl (C=O) groups excluding carboxylic acids is 1. The Morgan fingerprint density at radius 1 is 1.29 bits per heavy atom. The summed E-state index contributed by atoms with van der Waals surface area (Å²) in [6.45, 7) is 0.124. The van der Waals surface area contributed by atoms with Crippen LogP contribution in [0.4, 0.5) is 5.69 Å². The van der Waals surface area contributed by atoms with Crippen LogP contribution in [0.3, 0.4) is 0 Å². The fraction of sp³-hybridized carbons (Fsp3) is 0.300. The molecule has 0 aromatic heterocycles. The quantitative estimate of drug-likeness (QED) is 0.877. The van der Waals surface area contributed by atoms with Crippen LogP contribution >= 0.6 is 15.9 Å². The maximum absolute atomic E-state index is 11.7. The number of primary sulfonamides is 1. The van der Waals surface area contributed by atoms with E-state index in [9.17, 15) is 13.2 Å². The minimum absolute atomic E-state index is 0.0467. The van der Waals surface area contributed by atoms with E-state index in [0.717, 1.165) is 4.47 Å². The van der Waals surface area contributed by atoms with Crippen LogP contribution in [-0.2, 0) is 14.8 Å². The van der Waals surface area contributed by atoms with Gasteiger partial charge < -0.3 is 4.90 Å². The SMILES string of the molecule is NS(=O)(=O)C1CC(=O)N(c2ccc(Br)cc2)C1. The van der Waals surface area contributed by atoms with Gasteiger partial charge in [-0.05, 0) is 24.3 Å². The highest BCUT2D eigenvalue weighted by Gasteiger charge is 2.36. The van der Waals surface area contributed by atoms with Gasteiger partial charge in [-0.1, -0.05) is 15.9 Å². The Morgan fingerprint density at radius 3 is 2.35 bits per heavy atom. The van der Waals surface area contributed by atoms with Gasteiger partial charge in [-0.3, -0.25) is 4.79 Å². The number of sulfonamides is 1. The summed E-state index contributed by atoms with van der Waals surface area (Å²) in [5.74, 6) is -0.216. The van der Waals surface area contributed by atoms with E-state index in [1.807, 2.05) is 0 Å². The van der Waals surface area contributed by atoms with Crippen molar-refractivity contribution in [1.82, 2.24) is 0 Å². The van der Waals surface area contributed by atoms with Crippen LogP contribution in [0.5, 0.6) is 0 Å². The average molecular weight is 319 g/mol. The van der Waals surface area contributed by atoms with Gasteiger partial charge in [0.1, 0.15) is 5.25 Å². The second-order valence-electron chi connectivity index (χ2n) is 3.90. The van der Waals surface area contributed by atoms with Crippen molar-refractivity contribution in [3.05, 3.63) is 28.7 Å². The number of benzene rings is 1. The van der Waals surface area contributed by atoms with E-state index in [4.69, 9.17) is 5.14 Å². The second kappa shape index (κ2) is 4.40. The molecule has 1 aromatic carbocycles. The molecule has 2 N–H and O–H groups in total. The normalized spacial score (nSPS) is 20.9. The summed E-state index contributed by atoms with van der Waals surface area (Å²) in [6.07, 6.45) is -0.0467. The summed E-state index contributed by atoms with van der Waals surface area (Å²) in [5, 5.41) is 4.25. The highest BCUT2D eigenvalue weighted by Crippen LogP contribution is 2.25. The van der Waals surface area contributed by atoms with Crippen molar-refractivity contribution in [1.29, 1.82) is 0 Å². The molecule has 1 aliphatic rings. The lowest BCUT2D eigenvalue weighted by Crippen LogP contribution is -2.32. The molecule has 0 aliphatic carbocycles. The average Bonchev–Trinajstić information content (AvgIpc) is 2.61. The Bertz CT molecular complexity index is 541. The molecule has 1 fully saturated rings. The first kappa shape index (κ1) is 12.5. The van der Waals surface area contributed by atoms with E-state index in [1.165, 1.54) is 4.90 Å². The third-order valence-corrected chi connectivity index (χ3v) is 4.47. The van der Waals surface area contributed by atoms with Gasteiger partial charge in [0.15, 0.2) is 0 Å². The lowest BCUT2D eigenvalue weighted by atomic mass is 10.3. The topological polar surface area (TPSA) is 80.5 Å². The molecule has 5 nitrogen and oxygen atoms in total. The minimum Gasteiger partial charge on any atom is -0.311 e. The Kier molecular flexibility index (Phi) is 3.24. The molecule has 17 heavy (non-hydrogen) atoms. The van der Waals surface area contributed by atoms with Crippen molar-refractivity contribution >= 4 is 37.5 Å². The van der Waals surface area contributed by atoms with Gasteiger partial charge >= 0.3 is 0 Å². The molecule has 0 spiro atoms. The molecular weight excluding hydrogens is 308 g/mol. The van der Waals surface area contributed by atoms with Crippen LogP contribution in [0.15, 0.2) is 28.7 Å². The molecule has 1 aromatic rings. The predicted molar refractivity (Wildman–Crippen MR) is 68.0 cm³/mol. The van der Waals surface area contributed by atoms with Crippen molar-refractivity contribution in [2.45, 2.75) is 11.7 Å². The third-order valence-electron chi connectivity index (χ3n) is 2.69. The first-order chi connectivity index (χ1) is 7.88. The van der Waals surface area contributed by atoms with Gasteiger partial charge in [0.25, 0.3) is 0 Å². The number of rotatable bonds is 2. The molecule has 1 heterocycles. The van der Waals surface area contributed by atoms with E-state index in [-0.39, 0.29) is 18.9 Å². The van der Waals surface area contributed by atoms with E-state index < -0.39 is 15.3 Å². The molecule has 1 amide bonds. The summed E-state index contributed by atoms with van der Waals surface area (Å²) in [6, 6.07) is 7.11. The van der Waals surface area contributed by atoms with Gasteiger partial charge in [-0.15, -0.1) is 0 Å². The van der Waals surface area contributed by atoms with Crippen molar-refractivity contribution in [3.8, 4) is 0 Å². The zero-order valence-corrected chi connectivity index (χ0v) is 11.2. The number of nitrogens with two attached hydrogens (primary N) is 1. The highest BCUT2D eigenvalue weighted by molar-refractivity contribution is 9.10. The number of hydrogen-bond donors (Lipinski definition) is 1. The molecule has 0 saturated carbocycles. The number of carbonyl (C=O) groups is 1. The molecular formula is C10H11BrN2O3S. The first-order valence-corrected chi connectivity index (χ1v) is 7.36. The van der Waals surface area contributed by atoms with Crippen LogP contribution in [0.2, 0.25) is 0 Å². The predicted octanol–water partition coefficient (Wildman–Crippen LogP) is 0.843. The molecule has 0 bridgehead atoms. The van der Waals surface area contributed by atoms with E-state index >= 15 is 0 Å². The van der Waals surface area contributed by atoms with Gasteiger partial charge in [0, 0.05) is 23.1 Å². The maximum atomic E-state index is 11.7. The standard InChI is InChI=1S/C10H11BrN2O3S/c11-7-1-3-8(4-2-7)13-6-9(5-10(13)14)17(12,15)16/h1-4,9H,5-6H2,(H2,12,15,16). The molecule has 1 atom stereocenters. The lowest BCUT2D eigenvalue weighted by Gasteiger charge is -2.16. The fourth-order valence-electron chi connectivity index (χ4n) is 1.77. The molecule has 92 valence electrons. The van der Waals surface area contributed by atoms with Crippen molar-refractivity contribution in [3.63, 3.8) is 0 Å². The van der Waals surface area contributed by atoms with Crippen LogP contribution < -0.4 is 10.0 Å². The number of anilines is 1. The Hall–Kier alpha value is -0.920. The van der Waals surface area contributed by atoms with Crippen LogP contribution in [0.1, 0.15) is 6.42 Å². The zero-order valence-electron chi connectivity index (χ0n) is 8.84. The number of amides is 1. The maximum Gasteiger partial charge on any atom is 0.228 e. The molecule has 2 rings (SSSR count). The largest absolute Gasteiger partial charge is 0.311 e. The van der Waals surface area contributed by atoms with Crippen LogP contribution in [0, 0.1) is 0 Å². The van der Waals surface area contributed by atoms with Crippen molar-refractivity contribution in [2.24, 2.45) is 5.14 Å². The Labute approximate surface area is 108 Å². The van der Waals surface area contributed by atoms with Gasteiger partial charge in [-0.25, -0.2) is 13.6 Å². The summed E-state index contributed by atoms with van der Waals surface area (Å²) in [4.78, 5) is 13.2. The van der Waals surface area contributed by atoms with Gasteiger partial charge in [0.05, 0.1) is 0 Å². The highest BCUT2D eigenvalue weighted by atomic mass is 79.9. The Balaban J connectivity index is 2.24. The number of nitrogens with zero attached hydrogens (tertiary/aromatic N) is 1. The van der Waals surface area contributed by atoms with Crippen molar-refractivity contribution < 1.29 is 13.2 Å². The number of hydrogen-bond acceptors (Lipinski definition) is 3. The molecule has 7 heteroatoms. The van der Waals surface area contributed by atoms with E-state index in [0.29, 0.717) is 5.69 Å². The summed E-state index contributed by atoms with van der Waals surface area (Å²) >= 11 is 3.29. The fourth-order valence-corrected chi connectivity index (χ4v) is 2.76. The van der Waals surface area contributed by atoms with Crippen LogP contribution in [-0.4, -0.2) is 26.1 Å². The Morgan fingerprint density at radius 2 is 1.88 bits per heavy atom.